The van der Waals surface area contributed by atoms with Crippen LogP contribution in [0, 0.1) is 0 Å². The van der Waals surface area contributed by atoms with Gasteiger partial charge in [-0.15, -0.1) is 0 Å². The Labute approximate surface area is 117 Å². The molecule has 104 valence electrons. The monoisotopic (exact) mass is 258 g/mol. The second-order valence-corrected chi connectivity index (χ2v) is 6.01. The Hall–Kier alpha value is -0.860. The van der Waals surface area contributed by atoms with E-state index < -0.39 is 0 Å². The Kier molecular flexibility index (Phi) is 4.52. The van der Waals surface area contributed by atoms with Gasteiger partial charge in [-0.3, -0.25) is 4.90 Å². The lowest BCUT2D eigenvalue weighted by molar-refractivity contribution is 0.144. The summed E-state index contributed by atoms with van der Waals surface area (Å²) in [5.74, 6) is 0.757. The van der Waals surface area contributed by atoms with Crippen molar-refractivity contribution in [1.82, 2.24) is 10.2 Å². The minimum atomic E-state index is 0.757. The average Bonchev–Trinajstić information content (AvgIpc) is 2.77. The molecule has 0 aromatic heterocycles. The molecule has 1 aromatic carbocycles. The summed E-state index contributed by atoms with van der Waals surface area (Å²) in [6, 6.07) is 12.0. The van der Waals surface area contributed by atoms with Gasteiger partial charge in [0, 0.05) is 19.1 Å². The van der Waals surface area contributed by atoms with Crippen molar-refractivity contribution in [2.75, 3.05) is 26.2 Å². The summed E-state index contributed by atoms with van der Waals surface area (Å²) in [5, 5.41) is 3.53. The molecule has 2 fully saturated rings. The van der Waals surface area contributed by atoms with E-state index in [1.165, 1.54) is 51.7 Å². The summed E-state index contributed by atoms with van der Waals surface area (Å²) in [7, 11) is 0. The standard InChI is InChI=1S/C17H26N2/c1-2-7-15(8-3-1)16-9-4-5-10-17(16)19-13-6-11-18-12-14-19/h1-3,7-8,16-18H,4-6,9-14H2. The van der Waals surface area contributed by atoms with Gasteiger partial charge in [-0.25, -0.2) is 0 Å². The average molecular weight is 258 g/mol. The number of rotatable bonds is 2. The highest BCUT2D eigenvalue weighted by Gasteiger charge is 2.31. The van der Waals surface area contributed by atoms with Gasteiger partial charge in [0.15, 0.2) is 0 Å². The molecule has 3 rings (SSSR count). The van der Waals surface area contributed by atoms with Crippen LogP contribution >= 0.6 is 0 Å². The van der Waals surface area contributed by atoms with Crippen molar-refractivity contribution in [2.24, 2.45) is 0 Å². The molecule has 2 heteroatoms. The first-order valence-electron chi connectivity index (χ1n) is 7.95. The molecule has 0 spiro atoms. The summed E-state index contributed by atoms with van der Waals surface area (Å²) >= 11 is 0. The van der Waals surface area contributed by atoms with Crippen LogP contribution in [-0.2, 0) is 0 Å². The molecular formula is C17H26N2. The highest BCUT2D eigenvalue weighted by atomic mass is 15.2. The Bertz CT molecular complexity index is 368. The molecule has 1 aromatic rings. The van der Waals surface area contributed by atoms with E-state index in [4.69, 9.17) is 0 Å². The van der Waals surface area contributed by atoms with Crippen LogP contribution in [0.2, 0.25) is 0 Å². The van der Waals surface area contributed by atoms with Gasteiger partial charge in [-0.05, 0) is 43.8 Å². The van der Waals surface area contributed by atoms with Crippen molar-refractivity contribution in [3.63, 3.8) is 0 Å². The lowest BCUT2D eigenvalue weighted by Crippen LogP contribution is -2.43. The summed E-state index contributed by atoms with van der Waals surface area (Å²) in [4.78, 5) is 2.76. The lowest BCUT2D eigenvalue weighted by Gasteiger charge is -2.40. The fourth-order valence-electron chi connectivity index (χ4n) is 3.84. The fraction of sp³-hybridized carbons (Fsp3) is 0.647. The Morgan fingerprint density at radius 2 is 1.74 bits per heavy atom. The minimum Gasteiger partial charge on any atom is -0.315 e. The first-order chi connectivity index (χ1) is 9.45. The predicted octanol–water partition coefficient (Wildman–Crippen LogP) is 3.01. The number of hydrogen-bond donors (Lipinski definition) is 1. The van der Waals surface area contributed by atoms with E-state index in [2.05, 4.69) is 40.5 Å². The zero-order valence-electron chi connectivity index (χ0n) is 11.9. The van der Waals surface area contributed by atoms with Gasteiger partial charge < -0.3 is 5.32 Å². The zero-order valence-corrected chi connectivity index (χ0v) is 11.9. The summed E-state index contributed by atoms with van der Waals surface area (Å²) in [6.07, 6.45) is 6.89. The van der Waals surface area contributed by atoms with Gasteiger partial charge in [0.1, 0.15) is 0 Å². The largest absolute Gasteiger partial charge is 0.315 e. The number of benzene rings is 1. The van der Waals surface area contributed by atoms with E-state index in [0.717, 1.165) is 18.5 Å². The third-order valence-corrected chi connectivity index (χ3v) is 4.80. The van der Waals surface area contributed by atoms with E-state index in [-0.39, 0.29) is 0 Å². The number of nitrogens with zero attached hydrogens (tertiary/aromatic N) is 1. The minimum absolute atomic E-state index is 0.757. The summed E-state index contributed by atoms with van der Waals surface area (Å²) in [6.45, 7) is 4.87. The Morgan fingerprint density at radius 3 is 2.63 bits per heavy atom. The molecule has 2 unspecified atom stereocenters. The van der Waals surface area contributed by atoms with Gasteiger partial charge >= 0.3 is 0 Å². The summed E-state index contributed by atoms with van der Waals surface area (Å²) < 4.78 is 0. The fourth-order valence-corrected chi connectivity index (χ4v) is 3.84. The van der Waals surface area contributed by atoms with Crippen LogP contribution in [0.15, 0.2) is 30.3 Å². The van der Waals surface area contributed by atoms with Gasteiger partial charge in [0.25, 0.3) is 0 Å². The van der Waals surface area contributed by atoms with Gasteiger partial charge in [-0.2, -0.15) is 0 Å². The third kappa shape index (κ3) is 3.18. The molecule has 0 bridgehead atoms. The third-order valence-electron chi connectivity index (χ3n) is 4.80. The van der Waals surface area contributed by atoms with Crippen LogP contribution in [0.1, 0.15) is 43.6 Å². The predicted molar refractivity (Wildman–Crippen MR) is 80.5 cm³/mol. The van der Waals surface area contributed by atoms with Crippen molar-refractivity contribution in [3.8, 4) is 0 Å². The maximum absolute atomic E-state index is 3.53. The maximum atomic E-state index is 3.53. The molecule has 0 radical (unpaired) electrons. The van der Waals surface area contributed by atoms with Crippen LogP contribution in [-0.4, -0.2) is 37.1 Å². The van der Waals surface area contributed by atoms with Gasteiger partial charge in [-0.1, -0.05) is 43.2 Å². The first kappa shape index (κ1) is 13.1. The highest BCUT2D eigenvalue weighted by Crippen LogP contribution is 2.36. The molecule has 1 saturated heterocycles. The quantitative estimate of drug-likeness (QED) is 0.877. The van der Waals surface area contributed by atoms with Crippen molar-refractivity contribution in [1.29, 1.82) is 0 Å². The molecule has 1 aliphatic heterocycles. The highest BCUT2D eigenvalue weighted by molar-refractivity contribution is 5.22. The van der Waals surface area contributed by atoms with Crippen LogP contribution in [0.5, 0.6) is 0 Å². The molecule has 2 nitrogen and oxygen atoms in total. The van der Waals surface area contributed by atoms with Crippen molar-refractivity contribution in [2.45, 2.75) is 44.1 Å². The smallest absolute Gasteiger partial charge is 0.0164 e. The second kappa shape index (κ2) is 6.53. The van der Waals surface area contributed by atoms with E-state index in [0.29, 0.717) is 0 Å². The van der Waals surface area contributed by atoms with Crippen molar-refractivity contribution < 1.29 is 0 Å². The topological polar surface area (TPSA) is 15.3 Å². The molecule has 1 saturated carbocycles. The van der Waals surface area contributed by atoms with Gasteiger partial charge in [0.05, 0.1) is 0 Å². The normalized spacial score (nSPS) is 29.9. The SMILES string of the molecule is c1ccc(C2CCCCC2N2CCCNCC2)cc1. The number of hydrogen-bond acceptors (Lipinski definition) is 2. The van der Waals surface area contributed by atoms with Crippen LogP contribution in [0.4, 0.5) is 0 Å². The van der Waals surface area contributed by atoms with Crippen molar-refractivity contribution in [3.05, 3.63) is 35.9 Å². The first-order valence-corrected chi connectivity index (χ1v) is 7.95. The lowest BCUT2D eigenvalue weighted by atomic mass is 9.79. The molecule has 2 atom stereocenters. The summed E-state index contributed by atoms with van der Waals surface area (Å²) in [5.41, 5.74) is 1.56. The molecule has 1 aliphatic carbocycles. The van der Waals surface area contributed by atoms with Crippen molar-refractivity contribution >= 4 is 0 Å². The molecule has 1 N–H and O–H groups in total. The van der Waals surface area contributed by atoms with Gasteiger partial charge in [0.2, 0.25) is 0 Å². The molecule has 19 heavy (non-hydrogen) atoms. The van der Waals surface area contributed by atoms with Crippen LogP contribution in [0.3, 0.4) is 0 Å². The molecule has 1 heterocycles. The second-order valence-electron chi connectivity index (χ2n) is 6.01. The Balaban J connectivity index is 1.76. The van der Waals surface area contributed by atoms with Crippen LogP contribution in [0.25, 0.3) is 0 Å². The Morgan fingerprint density at radius 1 is 0.895 bits per heavy atom. The zero-order chi connectivity index (χ0) is 12.9. The molecule has 0 amide bonds. The molecule has 2 aliphatic rings. The van der Waals surface area contributed by atoms with Crippen LogP contribution < -0.4 is 5.32 Å². The maximum Gasteiger partial charge on any atom is 0.0164 e. The van der Waals surface area contributed by atoms with E-state index in [1.807, 2.05) is 0 Å². The van der Waals surface area contributed by atoms with E-state index in [1.54, 1.807) is 5.56 Å². The van der Waals surface area contributed by atoms with E-state index in [9.17, 15) is 0 Å². The number of nitrogens with one attached hydrogen (secondary N) is 1. The molecular weight excluding hydrogens is 232 g/mol. The van der Waals surface area contributed by atoms with E-state index >= 15 is 0 Å².